The highest BCUT2D eigenvalue weighted by atomic mass is 16.4. The van der Waals surface area contributed by atoms with Crippen LogP contribution in [0.2, 0.25) is 0 Å². The third kappa shape index (κ3) is 3.98. The molecule has 2 aromatic rings. The van der Waals surface area contributed by atoms with Crippen molar-refractivity contribution in [2.45, 2.75) is 31.7 Å². The largest absolute Gasteiger partial charge is 0.423 e. The van der Waals surface area contributed by atoms with Crippen molar-refractivity contribution in [1.82, 2.24) is 20.1 Å². The van der Waals surface area contributed by atoms with Gasteiger partial charge in [0, 0.05) is 51.9 Å². The van der Waals surface area contributed by atoms with Crippen LogP contribution in [0, 0.1) is 5.92 Å². The van der Waals surface area contributed by atoms with E-state index in [1.54, 1.807) is 0 Å². The Morgan fingerprint density at radius 3 is 2.62 bits per heavy atom. The fraction of sp³-hybridized carbons (Fsp3) is 0.636. The third-order valence-corrected chi connectivity index (χ3v) is 6.76. The number of nitrogens with one attached hydrogen (secondary N) is 1. The molecule has 1 aromatic carbocycles. The second-order valence-corrected chi connectivity index (χ2v) is 8.59. The lowest BCUT2D eigenvalue weighted by Gasteiger charge is -2.42. The van der Waals surface area contributed by atoms with Gasteiger partial charge in [-0.1, -0.05) is 12.1 Å². The minimum absolute atomic E-state index is 0.178. The van der Waals surface area contributed by atoms with Crippen molar-refractivity contribution < 1.29 is 9.21 Å². The molecule has 5 rings (SSSR count). The number of piperazine rings is 1. The summed E-state index contributed by atoms with van der Waals surface area (Å²) in [5, 5.41) is 3.34. The number of piperidine rings is 2. The van der Waals surface area contributed by atoms with Crippen molar-refractivity contribution in [3.8, 4) is 0 Å². The molecule has 0 spiro atoms. The highest BCUT2D eigenvalue weighted by molar-refractivity contribution is 5.79. The van der Waals surface area contributed by atoms with E-state index >= 15 is 0 Å². The monoisotopic (exact) mass is 397 g/mol. The van der Waals surface area contributed by atoms with Crippen LogP contribution in [0.3, 0.4) is 0 Å². The number of benzene rings is 1. The first-order valence-electron chi connectivity index (χ1n) is 11.1. The number of hydrogen-bond acceptors (Lipinski definition) is 6. The van der Waals surface area contributed by atoms with Crippen LogP contribution in [-0.2, 0) is 4.79 Å². The fourth-order valence-electron chi connectivity index (χ4n) is 5.10. The number of hydrogen-bond donors (Lipinski definition) is 1. The number of oxazole rings is 1. The molecule has 29 heavy (non-hydrogen) atoms. The zero-order valence-electron chi connectivity index (χ0n) is 17.1. The smallest absolute Gasteiger partial charge is 0.298 e. The summed E-state index contributed by atoms with van der Waals surface area (Å²) in [4.78, 5) is 24.5. The van der Waals surface area contributed by atoms with Gasteiger partial charge in [0.15, 0.2) is 5.58 Å². The third-order valence-electron chi connectivity index (χ3n) is 6.76. The van der Waals surface area contributed by atoms with E-state index in [2.05, 4.69) is 25.0 Å². The van der Waals surface area contributed by atoms with Gasteiger partial charge in [0.25, 0.3) is 6.01 Å². The van der Waals surface area contributed by atoms with Crippen LogP contribution < -0.4 is 10.2 Å². The van der Waals surface area contributed by atoms with E-state index in [-0.39, 0.29) is 5.92 Å². The molecule has 1 atom stereocenters. The summed E-state index contributed by atoms with van der Waals surface area (Å²) in [6, 6.07) is 9.26. The van der Waals surface area contributed by atoms with Crippen LogP contribution in [0.15, 0.2) is 28.7 Å². The van der Waals surface area contributed by atoms with Gasteiger partial charge in [-0.2, -0.15) is 4.98 Å². The van der Waals surface area contributed by atoms with Crippen LogP contribution in [-0.4, -0.2) is 79.1 Å². The number of fused-ring (bicyclic) bond motifs is 1. The molecule has 3 aliphatic heterocycles. The Bertz CT molecular complexity index is 806. The van der Waals surface area contributed by atoms with Crippen molar-refractivity contribution in [3.05, 3.63) is 24.3 Å². The van der Waals surface area contributed by atoms with Crippen molar-refractivity contribution in [2.75, 3.05) is 57.3 Å². The Morgan fingerprint density at radius 2 is 1.83 bits per heavy atom. The summed E-state index contributed by atoms with van der Waals surface area (Å²) in [6.07, 6.45) is 4.38. The number of anilines is 1. The molecule has 1 unspecified atom stereocenters. The normalized spacial score (nSPS) is 24.9. The molecule has 1 amide bonds. The van der Waals surface area contributed by atoms with Crippen LogP contribution >= 0.6 is 0 Å². The fourth-order valence-corrected chi connectivity index (χ4v) is 5.10. The standard InChI is InChI=1S/C22H31N5O2/c28-21(25-14-9-23-10-15-25)17-4-3-11-27(16-17)18-7-12-26(13-8-18)22-24-19-5-1-2-6-20(19)29-22/h1-2,5-6,17-18,23H,3-4,7-16H2. The summed E-state index contributed by atoms with van der Waals surface area (Å²) >= 11 is 0. The molecule has 0 radical (unpaired) electrons. The average molecular weight is 398 g/mol. The van der Waals surface area contributed by atoms with E-state index in [9.17, 15) is 4.79 Å². The van der Waals surface area contributed by atoms with Gasteiger partial charge in [0.2, 0.25) is 5.91 Å². The van der Waals surface area contributed by atoms with Gasteiger partial charge in [-0.25, -0.2) is 0 Å². The molecule has 1 N–H and O–H groups in total. The van der Waals surface area contributed by atoms with Gasteiger partial charge < -0.3 is 19.5 Å². The number of rotatable bonds is 3. The lowest BCUT2D eigenvalue weighted by Crippen LogP contribution is -2.53. The number of aromatic nitrogens is 1. The quantitative estimate of drug-likeness (QED) is 0.854. The number of para-hydroxylation sites is 2. The zero-order valence-corrected chi connectivity index (χ0v) is 17.1. The average Bonchev–Trinajstić information content (AvgIpc) is 3.24. The van der Waals surface area contributed by atoms with Gasteiger partial charge in [0.1, 0.15) is 5.52 Å². The molecular formula is C22H31N5O2. The number of carbonyl (C=O) groups excluding carboxylic acids is 1. The molecule has 156 valence electrons. The minimum Gasteiger partial charge on any atom is -0.423 e. The SMILES string of the molecule is O=C(C1CCCN(C2CCN(c3nc4ccccc4o3)CC2)C1)N1CCNCC1. The first-order chi connectivity index (χ1) is 14.3. The molecule has 3 aliphatic rings. The topological polar surface area (TPSA) is 64.9 Å². The van der Waals surface area contributed by atoms with E-state index in [1.165, 1.54) is 0 Å². The van der Waals surface area contributed by atoms with Crippen LogP contribution in [0.1, 0.15) is 25.7 Å². The van der Waals surface area contributed by atoms with Gasteiger partial charge in [-0.05, 0) is 44.4 Å². The molecule has 3 fully saturated rings. The summed E-state index contributed by atoms with van der Waals surface area (Å²) in [5.74, 6) is 0.553. The first kappa shape index (κ1) is 18.9. The summed E-state index contributed by atoms with van der Waals surface area (Å²) in [5.41, 5.74) is 1.78. The Labute approximate surface area is 172 Å². The van der Waals surface area contributed by atoms with E-state index in [1.807, 2.05) is 24.3 Å². The van der Waals surface area contributed by atoms with Crippen molar-refractivity contribution in [3.63, 3.8) is 0 Å². The molecule has 0 bridgehead atoms. The second-order valence-electron chi connectivity index (χ2n) is 8.59. The van der Waals surface area contributed by atoms with Crippen molar-refractivity contribution >= 4 is 23.0 Å². The maximum atomic E-state index is 12.9. The van der Waals surface area contributed by atoms with E-state index in [0.717, 1.165) is 95.2 Å². The predicted octanol–water partition coefficient (Wildman–Crippen LogP) is 1.94. The Kier molecular flexibility index (Phi) is 5.42. The van der Waals surface area contributed by atoms with Crippen LogP contribution in [0.4, 0.5) is 6.01 Å². The molecular weight excluding hydrogens is 366 g/mol. The van der Waals surface area contributed by atoms with Gasteiger partial charge in [-0.15, -0.1) is 0 Å². The Morgan fingerprint density at radius 1 is 1.03 bits per heavy atom. The summed E-state index contributed by atoms with van der Waals surface area (Å²) in [7, 11) is 0. The molecule has 0 aliphatic carbocycles. The van der Waals surface area contributed by atoms with E-state index < -0.39 is 0 Å². The zero-order chi connectivity index (χ0) is 19.6. The Balaban J connectivity index is 1.17. The molecule has 7 nitrogen and oxygen atoms in total. The van der Waals surface area contributed by atoms with Gasteiger partial charge >= 0.3 is 0 Å². The molecule has 0 saturated carbocycles. The number of carbonyl (C=O) groups is 1. The van der Waals surface area contributed by atoms with Crippen LogP contribution in [0.5, 0.6) is 0 Å². The maximum absolute atomic E-state index is 12.9. The molecule has 3 saturated heterocycles. The second kappa shape index (κ2) is 8.32. The number of amides is 1. The highest BCUT2D eigenvalue weighted by Gasteiger charge is 2.34. The summed E-state index contributed by atoms with van der Waals surface area (Å²) < 4.78 is 5.95. The minimum atomic E-state index is 0.178. The molecule has 7 heteroatoms. The van der Waals surface area contributed by atoms with Gasteiger partial charge in [-0.3, -0.25) is 9.69 Å². The number of likely N-dealkylation sites (tertiary alicyclic amines) is 1. The van der Waals surface area contributed by atoms with Gasteiger partial charge in [0.05, 0.1) is 5.92 Å². The predicted molar refractivity (Wildman–Crippen MR) is 113 cm³/mol. The lowest BCUT2D eigenvalue weighted by atomic mass is 9.92. The Hall–Kier alpha value is -2.12. The van der Waals surface area contributed by atoms with Crippen molar-refractivity contribution in [2.24, 2.45) is 5.92 Å². The first-order valence-corrected chi connectivity index (χ1v) is 11.1. The van der Waals surface area contributed by atoms with E-state index in [0.29, 0.717) is 11.9 Å². The maximum Gasteiger partial charge on any atom is 0.298 e. The van der Waals surface area contributed by atoms with E-state index in [4.69, 9.17) is 4.42 Å². The van der Waals surface area contributed by atoms with Crippen molar-refractivity contribution in [1.29, 1.82) is 0 Å². The number of nitrogens with zero attached hydrogens (tertiary/aromatic N) is 4. The summed E-state index contributed by atoms with van der Waals surface area (Å²) in [6.45, 7) is 7.55. The molecule has 1 aromatic heterocycles. The van der Waals surface area contributed by atoms with Crippen LogP contribution in [0.25, 0.3) is 11.1 Å². The highest BCUT2D eigenvalue weighted by Crippen LogP contribution is 2.28. The lowest BCUT2D eigenvalue weighted by molar-refractivity contribution is -0.138. The molecule has 4 heterocycles.